The smallest absolute Gasteiger partial charge is 0.335 e. The number of aliphatic hydroxyl groups is 2. The van der Waals surface area contributed by atoms with E-state index in [0.717, 1.165) is 83.5 Å². The van der Waals surface area contributed by atoms with E-state index in [4.69, 9.17) is 23.7 Å². The largest absolute Gasteiger partial charge is 0.479 e. The first-order chi connectivity index (χ1) is 37.6. The van der Waals surface area contributed by atoms with Crippen molar-refractivity contribution >= 4 is 23.9 Å². The Bertz CT molecular complexity index is 1620. The van der Waals surface area contributed by atoms with Gasteiger partial charge in [0.1, 0.15) is 18.8 Å². The normalized spacial score (nSPS) is 18.5. The predicted octanol–water partition coefficient (Wildman–Crippen LogP) is 16.1. The number of carboxylic acids is 1. The fourth-order valence-corrected chi connectivity index (χ4v) is 9.10. The number of aliphatic hydroxyl groups excluding tert-OH is 2. The highest BCUT2D eigenvalue weighted by molar-refractivity contribution is 5.74. The van der Waals surface area contributed by atoms with E-state index in [0.29, 0.717) is 19.3 Å². The van der Waals surface area contributed by atoms with Gasteiger partial charge in [-0.25, -0.2) is 4.79 Å². The Morgan fingerprint density at radius 3 is 1.22 bits per heavy atom. The van der Waals surface area contributed by atoms with E-state index in [2.05, 4.69) is 81.5 Å². The van der Waals surface area contributed by atoms with Gasteiger partial charge in [-0.2, -0.15) is 0 Å². The van der Waals surface area contributed by atoms with Crippen LogP contribution in [-0.2, 0) is 42.9 Å². The molecule has 0 amide bonds. The lowest BCUT2D eigenvalue weighted by atomic mass is 9.98. The van der Waals surface area contributed by atoms with Crippen LogP contribution in [0, 0.1) is 0 Å². The lowest BCUT2D eigenvalue weighted by molar-refractivity contribution is -0.301. The Morgan fingerprint density at radius 1 is 0.442 bits per heavy atom. The molecule has 1 aliphatic heterocycles. The zero-order valence-corrected chi connectivity index (χ0v) is 48.7. The summed E-state index contributed by atoms with van der Waals surface area (Å²) in [5.74, 6) is -3.21. The van der Waals surface area contributed by atoms with Crippen LogP contribution < -0.4 is 0 Å². The van der Waals surface area contributed by atoms with Crippen molar-refractivity contribution in [2.45, 2.75) is 302 Å². The Labute approximate surface area is 468 Å². The molecule has 0 radical (unpaired) electrons. The van der Waals surface area contributed by atoms with Crippen molar-refractivity contribution in [3.63, 3.8) is 0 Å². The van der Waals surface area contributed by atoms with E-state index in [1.165, 1.54) is 122 Å². The Morgan fingerprint density at radius 2 is 0.818 bits per heavy atom. The monoisotopic (exact) mass is 1080 g/mol. The van der Waals surface area contributed by atoms with Gasteiger partial charge in [-0.1, -0.05) is 261 Å². The molecule has 77 heavy (non-hydrogen) atoms. The molecule has 12 nitrogen and oxygen atoms in total. The quantitative estimate of drug-likeness (QED) is 0.0228. The third kappa shape index (κ3) is 42.7. The molecule has 12 heteroatoms. The van der Waals surface area contributed by atoms with Crippen LogP contribution in [0.3, 0.4) is 0 Å². The van der Waals surface area contributed by atoms with E-state index < -0.39 is 67.3 Å². The Hall–Kier alpha value is -3.84. The predicted molar refractivity (Wildman–Crippen MR) is 312 cm³/mol. The fourth-order valence-electron chi connectivity index (χ4n) is 9.10. The van der Waals surface area contributed by atoms with Crippen molar-refractivity contribution < 1.29 is 58.2 Å². The average Bonchev–Trinajstić information content (AvgIpc) is 3.42. The molecular formula is C65H110O12. The maximum atomic E-state index is 13.2. The first kappa shape index (κ1) is 71.2. The van der Waals surface area contributed by atoms with Crippen molar-refractivity contribution in [3.05, 3.63) is 72.9 Å². The molecule has 0 bridgehead atoms. The highest BCUT2D eigenvalue weighted by Gasteiger charge is 2.50. The molecule has 0 aromatic carbocycles. The molecule has 1 heterocycles. The van der Waals surface area contributed by atoms with Crippen LogP contribution in [0.15, 0.2) is 72.9 Å². The molecule has 442 valence electrons. The number of esters is 3. The number of hydrogen-bond acceptors (Lipinski definition) is 11. The van der Waals surface area contributed by atoms with E-state index in [1.54, 1.807) is 0 Å². The van der Waals surface area contributed by atoms with Crippen LogP contribution in [0.25, 0.3) is 0 Å². The maximum Gasteiger partial charge on any atom is 0.335 e. The zero-order chi connectivity index (χ0) is 56.1. The molecule has 1 saturated heterocycles. The van der Waals surface area contributed by atoms with Crippen LogP contribution in [0.1, 0.15) is 265 Å². The first-order valence-corrected chi connectivity index (χ1v) is 30.9. The van der Waals surface area contributed by atoms with Gasteiger partial charge in [-0.05, 0) is 57.8 Å². The number of ether oxygens (including phenoxy) is 5. The van der Waals surface area contributed by atoms with Crippen LogP contribution in [0.4, 0.5) is 0 Å². The Balaban J connectivity index is 2.71. The zero-order valence-electron chi connectivity index (χ0n) is 48.7. The summed E-state index contributed by atoms with van der Waals surface area (Å²) in [4.78, 5) is 51.1. The van der Waals surface area contributed by atoms with Gasteiger partial charge in [0, 0.05) is 19.3 Å². The van der Waals surface area contributed by atoms with E-state index in [1.807, 2.05) is 12.2 Å². The number of aliphatic carboxylic acids is 1. The number of carbonyl (C=O) groups is 4. The molecule has 0 aliphatic carbocycles. The van der Waals surface area contributed by atoms with Gasteiger partial charge >= 0.3 is 23.9 Å². The number of rotatable bonds is 52. The number of allylic oxidation sites excluding steroid dienone is 12. The minimum absolute atomic E-state index is 0.0551. The summed E-state index contributed by atoms with van der Waals surface area (Å²) in [5, 5.41) is 31.5. The van der Waals surface area contributed by atoms with Crippen molar-refractivity contribution in [3.8, 4) is 0 Å². The summed E-state index contributed by atoms with van der Waals surface area (Å²) >= 11 is 0. The number of carboxylic acid groups (broad SMARTS) is 1. The molecule has 0 aromatic rings. The number of unbranched alkanes of at least 4 members (excludes halogenated alkanes) is 26. The van der Waals surface area contributed by atoms with Gasteiger partial charge in [-0.3, -0.25) is 14.4 Å². The van der Waals surface area contributed by atoms with Crippen LogP contribution >= 0.6 is 0 Å². The SMILES string of the molecule is CC/C=C\C/C=C\C/C=C\C/C=C\C/C=C\C/C=C\CCC(=O)OCC(COC1OC(C(=O)O)C(O)C(O)C1OC(=O)CCCCCCCCCCCCC)OC(=O)CCCCCCCCCCCCCCCCCCC. The molecule has 6 unspecified atom stereocenters. The molecule has 1 aliphatic rings. The average molecular weight is 1080 g/mol. The molecular weight excluding hydrogens is 973 g/mol. The van der Waals surface area contributed by atoms with Crippen LogP contribution in [0.2, 0.25) is 0 Å². The van der Waals surface area contributed by atoms with Gasteiger partial charge in [-0.15, -0.1) is 0 Å². The van der Waals surface area contributed by atoms with Crippen molar-refractivity contribution in [2.24, 2.45) is 0 Å². The van der Waals surface area contributed by atoms with Crippen LogP contribution in [-0.4, -0.2) is 89.2 Å². The second kappa shape index (κ2) is 52.8. The molecule has 0 saturated carbocycles. The van der Waals surface area contributed by atoms with Gasteiger partial charge < -0.3 is 39.0 Å². The minimum Gasteiger partial charge on any atom is -0.479 e. The van der Waals surface area contributed by atoms with Gasteiger partial charge in [0.05, 0.1) is 6.61 Å². The minimum atomic E-state index is -1.91. The van der Waals surface area contributed by atoms with Crippen molar-refractivity contribution in [1.82, 2.24) is 0 Å². The summed E-state index contributed by atoms with van der Waals surface area (Å²) < 4.78 is 28.4. The fraction of sp³-hybridized carbons (Fsp3) is 0.754. The summed E-state index contributed by atoms with van der Waals surface area (Å²) in [6, 6.07) is 0. The van der Waals surface area contributed by atoms with Gasteiger partial charge in [0.2, 0.25) is 0 Å². The van der Waals surface area contributed by atoms with Gasteiger partial charge in [0.25, 0.3) is 0 Å². The van der Waals surface area contributed by atoms with E-state index in [-0.39, 0.29) is 25.9 Å². The Kier molecular flexibility index (Phi) is 48.8. The summed E-state index contributed by atoms with van der Waals surface area (Å²) in [7, 11) is 0. The molecule has 6 atom stereocenters. The number of hydrogen-bond donors (Lipinski definition) is 3. The standard InChI is InChI=1S/C65H110O12/c1-4-7-10-13-16-19-22-24-26-28-29-31-32-34-37-39-42-45-48-51-57(66)73-54-56(75-58(67)52-49-46-43-41-38-35-33-30-27-25-23-20-17-14-11-8-5-2)55-74-65-63(61(70)60(69)62(77-65)64(71)72)76-59(68)53-50-47-44-40-36-21-18-15-12-9-6-3/h7,10,16,19,24,26,29,31,34,37,42,45,56,60-63,65,69-70H,4-6,8-9,11-15,17-18,20-23,25,27-28,30,32-33,35-36,38-41,43-44,46-55H2,1-3H3,(H,71,72)/b10-7-,19-16-,26-24-,31-29-,37-34-,45-42-. The molecule has 0 spiro atoms. The first-order valence-electron chi connectivity index (χ1n) is 30.9. The van der Waals surface area contributed by atoms with Crippen LogP contribution in [0.5, 0.6) is 0 Å². The van der Waals surface area contributed by atoms with E-state index >= 15 is 0 Å². The molecule has 1 rings (SSSR count). The summed E-state index contributed by atoms with van der Waals surface area (Å²) in [6.45, 7) is 5.82. The lowest BCUT2D eigenvalue weighted by Gasteiger charge is -2.40. The topological polar surface area (TPSA) is 175 Å². The summed E-state index contributed by atoms with van der Waals surface area (Å²) in [5.41, 5.74) is 0. The van der Waals surface area contributed by atoms with Gasteiger partial charge in [0.15, 0.2) is 24.6 Å². The van der Waals surface area contributed by atoms with E-state index in [9.17, 15) is 34.5 Å². The lowest BCUT2D eigenvalue weighted by Crippen LogP contribution is -2.61. The number of carbonyl (C=O) groups excluding carboxylic acids is 3. The van der Waals surface area contributed by atoms with Crippen molar-refractivity contribution in [2.75, 3.05) is 13.2 Å². The highest BCUT2D eigenvalue weighted by atomic mass is 16.7. The second-order valence-corrected chi connectivity index (χ2v) is 21.0. The van der Waals surface area contributed by atoms with Crippen molar-refractivity contribution in [1.29, 1.82) is 0 Å². The second-order valence-electron chi connectivity index (χ2n) is 21.0. The third-order valence-electron chi connectivity index (χ3n) is 13.8. The summed E-state index contributed by atoms with van der Waals surface area (Å²) in [6.07, 6.45) is 54.6. The molecule has 0 aromatic heterocycles. The third-order valence-corrected chi connectivity index (χ3v) is 13.8. The highest BCUT2D eigenvalue weighted by Crippen LogP contribution is 2.26. The molecule has 1 fully saturated rings. The maximum absolute atomic E-state index is 13.2. The molecule has 3 N–H and O–H groups in total.